The van der Waals surface area contributed by atoms with Gasteiger partial charge in [0.15, 0.2) is 0 Å². The Morgan fingerprint density at radius 2 is 2.00 bits per heavy atom. The summed E-state index contributed by atoms with van der Waals surface area (Å²) in [7, 11) is 0. The second kappa shape index (κ2) is 4.47. The van der Waals surface area contributed by atoms with Gasteiger partial charge in [-0.15, -0.1) is 11.8 Å². The van der Waals surface area contributed by atoms with Crippen molar-refractivity contribution in [2.45, 2.75) is 22.7 Å². The van der Waals surface area contributed by atoms with Gasteiger partial charge in [0.1, 0.15) is 6.33 Å². The van der Waals surface area contributed by atoms with Gasteiger partial charge in [0.05, 0.1) is 6.10 Å². The zero-order valence-corrected chi connectivity index (χ0v) is 9.97. The van der Waals surface area contributed by atoms with Gasteiger partial charge in [-0.05, 0) is 18.1 Å². The highest BCUT2D eigenvalue weighted by Crippen LogP contribution is 2.42. The van der Waals surface area contributed by atoms with Crippen LogP contribution >= 0.6 is 11.8 Å². The number of fused-ring (bicyclic) bond motifs is 1. The molecular weight excluding hydrogens is 232 g/mol. The predicted octanol–water partition coefficient (Wildman–Crippen LogP) is 2.23. The first kappa shape index (κ1) is 10.7. The summed E-state index contributed by atoms with van der Waals surface area (Å²) in [4.78, 5) is 9.16. The van der Waals surface area contributed by atoms with Crippen LogP contribution in [-0.4, -0.2) is 20.3 Å². The Morgan fingerprint density at radius 3 is 2.76 bits per heavy atom. The van der Waals surface area contributed by atoms with Gasteiger partial charge in [-0.3, -0.25) is 0 Å². The summed E-state index contributed by atoms with van der Waals surface area (Å²) >= 11 is 1.73. The molecular formula is C13H12N2OS. The van der Waals surface area contributed by atoms with Gasteiger partial charge < -0.3 is 5.11 Å². The van der Waals surface area contributed by atoms with Gasteiger partial charge in [0, 0.05) is 28.1 Å². The van der Waals surface area contributed by atoms with Crippen LogP contribution in [-0.2, 0) is 6.42 Å². The third-order valence-corrected chi connectivity index (χ3v) is 4.33. The first-order valence-electron chi connectivity index (χ1n) is 5.52. The molecule has 0 radical (unpaired) electrons. The smallest absolute Gasteiger partial charge is 0.115 e. The maximum Gasteiger partial charge on any atom is 0.115 e. The zero-order valence-electron chi connectivity index (χ0n) is 9.15. The van der Waals surface area contributed by atoms with Crippen molar-refractivity contribution in [3.63, 3.8) is 0 Å². The summed E-state index contributed by atoms with van der Waals surface area (Å²) in [5, 5.41) is 10.5. The number of benzene rings is 1. The highest BCUT2D eigenvalue weighted by molar-refractivity contribution is 8.00. The van der Waals surface area contributed by atoms with E-state index in [1.54, 1.807) is 24.2 Å². The van der Waals surface area contributed by atoms with Gasteiger partial charge in [0.2, 0.25) is 0 Å². The fourth-order valence-corrected chi connectivity index (χ4v) is 3.40. The Kier molecular flexibility index (Phi) is 2.82. The monoisotopic (exact) mass is 244 g/mol. The molecule has 3 rings (SSSR count). The van der Waals surface area contributed by atoms with E-state index in [1.165, 1.54) is 16.8 Å². The molecule has 1 aromatic heterocycles. The van der Waals surface area contributed by atoms with E-state index in [1.807, 2.05) is 12.1 Å². The third-order valence-electron chi connectivity index (χ3n) is 2.95. The van der Waals surface area contributed by atoms with Crippen LogP contribution < -0.4 is 0 Å². The fraction of sp³-hybridized carbons (Fsp3) is 0.231. The number of hydrogen-bond donors (Lipinski definition) is 1. The first-order chi connectivity index (χ1) is 8.34. The Hall–Kier alpha value is -1.39. The molecule has 0 aliphatic carbocycles. The van der Waals surface area contributed by atoms with E-state index in [-0.39, 0.29) is 5.25 Å². The van der Waals surface area contributed by atoms with Crippen LogP contribution in [0.25, 0.3) is 0 Å². The maximum absolute atomic E-state index is 10.3. The molecule has 2 heterocycles. The molecule has 1 aromatic carbocycles. The van der Waals surface area contributed by atoms with Crippen LogP contribution in [0.5, 0.6) is 0 Å². The normalized spacial score (nSPS) is 19.9. The van der Waals surface area contributed by atoms with Crippen molar-refractivity contribution in [1.29, 1.82) is 0 Å². The minimum atomic E-state index is -0.506. The summed E-state index contributed by atoms with van der Waals surface area (Å²) in [5.74, 6) is 0. The van der Waals surface area contributed by atoms with Gasteiger partial charge >= 0.3 is 0 Å². The molecule has 86 valence electrons. The maximum atomic E-state index is 10.3. The van der Waals surface area contributed by atoms with Crippen molar-refractivity contribution < 1.29 is 5.11 Å². The molecule has 3 nitrogen and oxygen atoms in total. The van der Waals surface area contributed by atoms with E-state index in [2.05, 4.69) is 22.1 Å². The summed E-state index contributed by atoms with van der Waals surface area (Å²) < 4.78 is 0. The van der Waals surface area contributed by atoms with Gasteiger partial charge in [-0.2, -0.15) is 0 Å². The lowest BCUT2D eigenvalue weighted by atomic mass is 10.0. The number of nitrogens with zero attached hydrogens (tertiary/aromatic N) is 2. The highest BCUT2D eigenvalue weighted by Gasteiger charge is 2.29. The molecule has 2 unspecified atom stereocenters. The molecule has 1 aliphatic rings. The molecule has 2 aromatic rings. The van der Waals surface area contributed by atoms with E-state index in [4.69, 9.17) is 0 Å². The molecule has 1 aliphatic heterocycles. The van der Waals surface area contributed by atoms with E-state index < -0.39 is 6.10 Å². The summed E-state index contributed by atoms with van der Waals surface area (Å²) in [5.41, 5.74) is 2.11. The largest absolute Gasteiger partial charge is 0.387 e. The summed E-state index contributed by atoms with van der Waals surface area (Å²) in [6.45, 7) is 0. The topological polar surface area (TPSA) is 46.0 Å². The molecule has 0 spiro atoms. The first-order valence-corrected chi connectivity index (χ1v) is 6.40. The van der Waals surface area contributed by atoms with Crippen molar-refractivity contribution in [1.82, 2.24) is 9.97 Å². The number of thioether (sulfide) groups is 1. The second-order valence-corrected chi connectivity index (χ2v) is 5.37. The quantitative estimate of drug-likeness (QED) is 0.880. The predicted molar refractivity (Wildman–Crippen MR) is 66.8 cm³/mol. The molecule has 17 heavy (non-hydrogen) atoms. The molecule has 2 atom stereocenters. The van der Waals surface area contributed by atoms with Crippen molar-refractivity contribution >= 4 is 11.8 Å². The van der Waals surface area contributed by atoms with Gasteiger partial charge in [-0.25, -0.2) is 9.97 Å². The van der Waals surface area contributed by atoms with Gasteiger partial charge in [0.25, 0.3) is 0 Å². The Morgan fingerprint density at radius 1 is 1.24 bits per heavy atom. The summed E-state index contributed by atoms with van der Waals surface area (Å²) in [6.07, 6.45) is 5.24. The van der Waals surface area contributed by atoms with E-state index >= 15 is 0 Å². The second-order valence-electron chi connectivity index (χ2n) is 4.08. The van der Waals surface area contributed by atoms with Crippen molar-refractivity contribution in [3.8, 4) is 0 Å². The van der Waals surface area contributed by atoms with E-state index in [0.29, 0.717) is 0 Å². The number of aromatic nitrogens is 2. The minimum absolute atomic E-state index is 0.165. The fourth-order valence-electron chi connectivity index (χ4n) is 2.06. The number of aliphatic hydroxyl groups excluding tert-OH is 1. The van der Waals surface area contributed by atoms with Crippen LogP contribution in [0, 0.1) is 0 Å². The lowest BCUT2D eigenvalue weighted by Crippen LogP contribution is -2.14. The highest BCUT2D eigenvalue weighted by atomic mass is 32.2. The van der Waals surface area contributed by atoms with Crippen LogP contribution in [0.3, 0.4) is 0 Å². The van der Waals surface area contributed by atoms with Crippen molar-refractivity contribution in [2.24, 2.45) is 0 Å². The molecule has 4 heteroatoms. The number of hydrogen-bond acceptors (Lipinski definition) is 4. The van der Waals surface area contributed by atoms with Crippen molar-refractivity contribution in [3.05, 3.63) is 54.1 Å². The standard InChI is InChI=1S/C13H12N2OS/c16-13(10-6-14-8-15-7-10)12-5-9-3-1-2-4-11(9)17-12/h1-4,6-8,12-13,16H,5H2. The Balaban J connectivity index is 1.81. The lowest BCUT2D eigenvalue weighted by molar-refractivity contribution is 0.174. The van der Waals surface area contributed by atoms with Crippen LogP contribution in [0.15, 0.2) is 47.9 Å². The van der Waals surface area contributed by atoms with Crippen LogP contribution in [0.4, 0.5) is 0 Å². The molecule has 0 bridgehead atoms. The molecule has 0 fully saturated rings. The number of aliphatic hydroxyl groups is 1. The molecule has 0 saturated heterocycles. The van der Waals surface area contributed by atoms with Crippen molar-refractivity contribution in [2.75, 3.05) is 0 Å². The SMILES string of the molecule is OC(c1cncnc1)C1Cc2ccccc2S1. The average Bonchev–Trinajstić information content (AvgIpc) is 2.82. The van der Waals surface area contributed by atoms with E-state index in [9.17, 15) is 5.11 Å². The average molecular weight is 244 g/mol. The third kappa shape index (κ3) is 2.06. The lowest BCUT2D eigenvalue weighted by Gasteiger charge is -2.16. The van der Waals surface area contributed by atoms with Gasteiger partial charge in [-0.1, -0.05) is 18.2 Å². The molecule has 0 amide bonds. The van der Waals surface area contributed by atoms with E-state index in [0.717, 1.165) is 12.0 Å². The zero-order chi connectivity index (χ0) is 11.7. The van der Waals surface area contributed by atoms with Crippen LogP contribution in [0.2, 0.25) is 0 Å². The Bertz CT molecular complexity index is 493. The minimum Gasteiger partial charge on any atom is -0.387 e. The summed E-state index contributed by atoms with van der Waals surface area (Å²) in [6, 6.07) is 8.30. The Labute approximate surface area is 104 Å². The van der Waals surface area contributed by atoms with Crippen LogP contribution in [0.1, 0.15) is 17.2 Å². The molecule has 1 N–H and O–H groups in total. The molecule has 0 saturated carbocycles. The number of rotatable bonds is 2.